The van der Waals surface area contributed by atoms with Crippen molar-refractivity contribution in [3.8, 4) is 0 Å². The zero-order chi connectivity index (χ0) is 14.3. The summed E-state index contributed by atoms with van der Waals surface area (Å²) in [5.41, 5.74) is 1.34. The van der Waals surface area contributed by atoms with Crippen molar-refractivity contribution in [1.29, 1.82) is 0 Å². The maximum absolute atomic E-state index is 13.2. The highest BCUT2D eigenvalue weighted by atomic mass is 35.5. The number of carbonyl (C=O) groups is 1. The number of H-pyrrole nitrogens is 1. The molecular formula is C14H16ClFN3O+. The SMILES string of the molecule is C[n+]1cc(C(=O)N2CCC(F)CC2)c(Cl)c2cc[nH]c21. The zero-order valence-corrected chi connectivity index (χ0v) is 12.0. The highest BCUT2D eigenvalue weighted by Gasteiger charge is 2.27. The van der Waals surface area contributed by atoms with Crippen LogP contribution in [0.4, 0.5) is 4.39 Å². The van der Waals surface area contributed by atoms with Gasteiger partial charge in [-0.3, -0.25) is 4.79 Å². The van der Waals surface area contributed by atoms with Gasteiger partial charge in [-0.15, -0.1) is 0 Å². The lowest BCUT2D eigenvalue weighted by atomic mass is 10.1. The van der Waals surface area contributed by atoms with Crippen molar-refractivity contribution in [2.75, 3.05) is 13.1 Å². The molecule has 3 rings (SSSR count). The van der Waals surface area contributed by atoms with Gasteiger partial charge in [0.15, 0.2) is 0 Å². The number of likely N-dealkylation sites (tertiary alicyclic amines) is 1. The lowest BCUT2D eigenvalue weighted by Crippen LogP contribution is -2.40. The van der Waals surface area contributed by atoms with E-state index in [4.69, 9.17) is 11.6 Å². The van der Waals surface area contributed by atoms with E-state index in [2.05, 4.69) is 4.98 Å². The van der Waals surface area contributed by atoms with Crippen LogP contribution in [0.2, 0.25) is 5.02 Å². The number of nitrogens with zero attached hydrogens (tertiary/aromatic N) is 2. The van der Waals surface area contributed by atoms with Gasteiger partial charge in [-0.25, -0.2) is 13.9 Å². The zero-order valence-electron chi connectivity index (χ0n) is 11.2. The van der Waals surface area contributed by atoms with Crippen LogP contribution < -0.4 is 4.57 Å². The summed E-state index contributed by atoms with van der Waals surface area (Å²) in [5.74, 6) is -0.124. The van der Waals surface area contributed by atoms with Gasteiger partial charge in [0.2, 0.25) is 0 Å². The second kappa shape index (κ2) is 5.05. The second-order valence-corrected chi connectivity index (χ2v) is 5.55. The minimum atomic E-state index is -0.794. The number of fused-ring (bicyclic) bond motifs is 1. The molecule has 1 aliphatic heterocycles. The van der Waals surface area contributed by atoms with Crippen LogP contribution in [0.15, 0.2) is 18.5 Å². The molecule has 0 radical (unpaired) electrons. The first-order valence-electron chi connectivity index (χ1n) is 6.66. The molecular weight excluding hydrogens is 281 g/mol. The maximum Gasteiger partial charge on any atom is 0.287 e. The van der Waals surface area contributed by atoms with E-state index in [1.165, 1.54) is 0 Å². The van der Waals surface area contributed by atoms with Crippen molar-refractivity contribution >= 4 is 28.5 Å². The Balaban J connectivity index is 1.97. The highest BCUT2D eigenvalue weighted by molar-refractivity contribution is 6.38. The molecule has 106 valence electrons. The molecule has 2 aromatic rings. The van der Waals surface area contributed by atoms with E-state index in [1.807, 2.05) is 17.7 Å². The van der Waals surface area contributed by atoms with Crippen LogP contribution in [0, 0.1) is 0 Å². The molecule has 1 amide bonds. The van der Waals surface area contributed by atoms with Gasteiger partial charge in [0, 0.05) is 13.1 Å². The van der Waals surface area contributed by atoms with Crippen LogP contribution in [0.1, 0.15) is 23.2 Å². The lowest BCUT2D eigenvalue weighted by molar-refractivity contribution is -0.646. The number of aryl methyl sites for hydroxylation is 1. The summed E-state index contributed by atoms with van der Waals surface area (Å²) in [6.45, 7) is 0.899. The molecule has 6 heteroatoms. The topological polar surface area (TPSA) is 40.0 Å². The molecule has 20 heavy (non-hydrogen) atoms. The standard InChI is InChI=1S/C14H15ClFN3O/c1-18-8-11(12(15)10-2-5-17-13(10)18)14(20)19-6-3-9(16)4-7-19/h2,5,8-9H,3-4,6-7H2,1H3/p+1. The highest BCUT2D eigenvalue weighted by Crippen LogP contribution is 2.26. The van der Waals surface area contributed by atoms with Gasteiger partial charge in [-0.05, 0) is 18.9 Å². The fraction of sp³-hybridized carbons (Fsp3) is 0.429. The van der Waals surface area contributed by atoms with Gasteiger partial charge in [0.05, 0.1) is 29.2 Å². The second-order valence-electron chi connectivity index (χ2n) is 5.17. The minimum absolute atomic E-state index is 0.124. The summed E-state index contributed by atoms with van der Waals surface area (Å²) in [5, 5.41) is 1.27. The number of carbonyl (C=O) groups excluding carboxylic acids is 1. The van der Waals surface area contributed by atoms with Crippen LogP contribution >= 0.6 is 11.6 Å². The van der Waals surface area contributed by atoms with E-state index in [0.29, 0.717) is 36.5 Å². The van der Waals surface area contributed by atoms with Gasteiger partial charge in [0.25, 0.3) is 11.6 Å². The molecule has 0 saturated carbocycles. The normalized spacial score (nSPS) is 16.9. The number of aromatic nitrogens is 2. The Labute approximate surface area is 121 Å². The van der Waals surface area contributed by atoms with E-state index in [9.17, 15) is 9.18 Å². The Kier molecular flexibility index (Phi) is 3.38. The number of amides is 1. The number of halogens is 2. The Morgan fingerprint density at radius 3 is 2.90 bits per heavy atom. The van der Waals surface area contributed by atoms with Crippen molar-refractivity contribution in [1.82, 2.24) is 9.88 Å². The van der Waals surface area contributed by atoms with Crippen molar-refractivity contribution in [2.45, 2.75) is 19.0 Å². The van der Waals surface area contributed by atoms with Gasteiger partial charge in [0.1, 0.15) is 12.4 Å². The average Bonchev–Trinajstić information content (AvgIpc) is 2.93. The van der Waals surface area contributed by atoms with E-state index in [-0.39, 0.29) is 5.91 Å². The number of rotatable bonds is 1. The number of piperidine rings is 1. The predicted molar refractivity (Wildman–Crippen MR) is 74.5 cm³/mol. The minimum Gasteiger partial charge on any atom is -0.338 e. The number of alkyl halides is 1. The van der Waals surface area contributed by atoms with Crippen LogP contribution in [-0.2, 0) is 7.05 Å². The molecule has 0 aliphatic carbocycles. The Morgan fingerprint density at radius 2 is 2.20 bits per heavy atom. The molecule has 0 bridgehead atoms. The Hall–Kier alpha value is -1.62. The molecule has 4 nitrogen and oxygen atoms in total. The van der Waals surface area contributed by atoms with Crippen molar-refractivity contribution in [2.24, 2.45) is 7.05 Å². The fourth-order valence-electron chi connectivity index (χ4n) is 2.66. The van der Waals surface area contributed by atoms with E-state index < -0.39 is 6.17 Å². The summed E-state index contributed by atoms with van der Waals surface area (Å²) in [7, 11) is 1.86. The average molecular weight is 297 g/mol. The molecule has 1 saturated heterocycles. The monoisotopic (exact) mass is 296 g/mol. The van der Waals surface area contributed by atoms with Gasteiger partial charge in [-0.2, -0.15) is 0 Å². The molecule has 1 aliphatic rings. The summed E-state index contributed by atoms with van der Waals surface area (Å²) in [6.07, 6.45) is 3.53. The summed E-state index contributed by atoms with van der Waals surface area (Å²) in [6, 6.07) is 1.85. The molecule has 2 aromatic heterocycles. The van der Waals surface area contributed by atoms with E-state index in [0.717, 1.165) is 11.0 Å². The van der Waals surface area contributed by atoms with Crippen LogP contribution in [0.25, 0.3) is 11.0 Å². The van der Waals surface area contributed by atoms with Crippen molar-refractivity contribution < 1.29 is 13.8 Å². The van der Waals surface area contributed by atoms with Crippen LogP contribution in [0.5, 0.6) is 0 Å². The van der Waals surface area contributed by atoms with E-state index in [1.54, 1.807) is 17.3 Å². The molecule has 1 fully saturated rings. The Bertz CT molecular complexity index is 662. The van der Waals surface area contributed by atoms with Crippen molar-refractivity contribution in [3.05, 3.63) is 29.0 Å². The summed E-state index contributed by atoms with van der Waals surface area (Å²) < 4.78 is 15.0. The number of hydrogen-bond acceptors (Lipinski definition) is 1. The van der Waals surface area contributed by atoms with E-state index >= 15 is 0 Å². The van der Waals surface area contributed by atoms with Crippen molar-refractivity contribution in [3.63, 3.8) is 0 Å². The van der Waals surface area contributed by atoms with Crippen LogP contribution in [0.3, 0.4) is 0 Å². The Morgan fingerprint density at radius 1 is 1.50 bits per heavy atom. The van der Waals surface area contributed by atoms with Gasteiger partial charge < -0.3 is 4.90 Å². The smallest absolute Gasteiger partial charge is 0.287 e. The maximum atomic E-state index is 13.2. The number of hydrogen-bond donors (Lipinski definition) is 1. The third-order valence-electron chi connectivity index (χ3n) is 3.82. The quantitative estimate of drug-likeness (QED) is 0.805. The van der Waals surface area contributed by atoms with Gasteiger partial charge >= 0.3 is 0 Å². The predicted octanol–water partition coefficient (Wildman–Crippen LogP) is 2.22. The number of pyridine rings is 1. The molecule has 3 heterocycles. The number of aromatic amines is 1. The summed E-state index contributed by atoms with van der Waals surface area (Å²) >= 11 is 6.34. The lowest BCUT2D eigenvalue weighted by Gasteiger charge is -2.28. The molecule has 0 atom stereocenters. The van der Waals surface area contributed by atoms with Crippen LogP contribution in [-0.4, -0.2) is 35.1 Å². The van der Waals surface area contributed by atoms with Gasteiger partial charge in [-0.1, -0.05) is 11.6 Å². The number of nitrogens with one attached hydrogen (secondary N) is 1. The molecule has 1 N–H and O–H groups in total. The largest absolute Gasteiger partial charge is 0.338 e. The summed E-state index contributed by atoms with van der Waals surface area (Å²) in [4.78, 5) is 17.3. The fourth-order valence-corrected chi connectivity index (χ4v) is 2.94. The third-order valence-corrected chi connectivity index (χ3v) is 4.22. The first-order chi connectivity index (χ1) is 9.58. The third kappa shape index (κ3) is 2.16. The first-order valence-corrected chi connectivity index (χ1v) is 7.04. The molecule has 0 spiro atoms. The molecule has 0 unspecified atom stereocenters. The molecule has 0 aromatic carbocycles. The first kappa shape index (κ1) is 13.4.